The number of phosphoric ester groups is 1. The molecule has 0 aromatic heterocycles. The van der Waals surface area contributed by atoms with Crippen molar-refractivity contribution in [1.29, 1.82) is 0 Å². The Bertz CT molecular complexity index is 1030. The second-order valence-electron chi connectivity index (χ2n) is 18.9. The predicted molar refractivity (Wildman–Crippen MR) is 258 cm³/mol. The van der Waals surface area contributed by atoms with Crippen molar-refractivity contribution in [2.75, 3.05) is 40.9 Å². The van der Waals surface area contributed by atoms with E-state index in [1.54, 1.807) is 0 Å². The van der Waals surface area contributed by atoms with Crippen LogP contribution in [-0.4, -0.2) is 73.4 Å². The molecule has 0 rings (SSSR count). The van der Waals surface area contributed by atoms with Gasteiger partial charge in [-0.15, -0.1) is 0 Å². The molecule has 0 saturated carbocycles. The summed E-state index contributed by atoms with van der Waals surface area (Å²) in [6.45, 7) is 4.90. The van der Waals surface area contributed by atoms with Gasteiger partial charge >= 0.3 is 7.82 Å². The van der Waals surface area contributed by atoms with E-state index in [2.05, 4.69) is 43.5 Å². The number of allylic oxidation sites excluding steroid dienone is 4. The van der Waals surface area contributed by atoms with Crippen molar-refractivity contribution in [1.82, 2.24) is 5.32 Å². The molecule has 60 heavy (non-hydrogen) atoms. The second-order valence-corrected chi connectivity index (χ2v) is 20.4. The molecule has 3 unspecified atom stereocenters. The van der Waals surface area contributed by atoms with Gasteiger partial charge in [0.15, 0.2) is 0 Å². The summed E-state index contributed by atoms with van der Waals surface area (Å²) < 4.78 is 23.7. The number of unbranched alkanes of at least 4 members (excludes halogenated alkanes) is 30. The summed E-state index contributed by atoms with van der Waals surface area (Å²) in [5, 5.41) is 14.0. The number of likely N-dealkylation sites (N-methyl/N-ethyl adjacent to an activating group) is 1. The molecule has 0 fully saturated rings. The van der Waals surface area contributed by atoms with Gasteiger partial charge in [0.05, 0.1) is 39.9 Å². The summed E-state index contributed by atoms with van der Waals surface area (Å²) in [6.07, 6.45) is 52.1. The van der Waals surface area contributed by atoms with Gasteiger partial charge in [0, 0.05) is 6.42 Å². The number of carbonyl (C=O) groups is 1. The van der Waals surface area contributed by atoms with Crippen LogP contribution in [0.2, 0.25) is 0 Å². The molecule has 1 amide bonds. The Morgan fingerprint density at radius 2 is 0.950 bits per heavy atom. The summed E-state index contributed by atoms with van der Waals surface area (Å²) in [5.74, 6) is -0.147. The minimum atomic E-state index is -4.32. The van der Waals surface area contributed by atoms with Crippen LogP contribution in [0.5, 0.6) is 0 Å². The number of carbonyl (C=O) groups excluding carboxylic acids is 1. The molecule has 0 aromatic carbocycles. The lowest BCUT2D eigenvalue weighted by atomic mass is 10.0. The Labute approximate surface area is 373 Å². The van der Waals surface area contributed by atoms with Crippen molar-refractivity contribution in [3.05, 3.63) is 24.3 Å². The first-order valence-electron chi connectivity index (χ1n) is 25.7. The first kappa shape index (κ1) is 59.0. The highest BCUT2D eigenvalue weighted by atomic mass is 31.2. The minimum absolute atomic E-state index is 0.0746. The van der Waals surface area contributed by atoms with Crippen molar-refractivity contribution in [3.63, 3.8) is 0 Å². The van der Waals surface area contributed by atoms with Crippen LogP contribution in [0.3, 0.4) is 0 Å². The molecular weight excluding hydrogens is 768 g/mol. The van der Waals surface area contributed by atoms with Crippen molar-refractivity contribution in [2.24, 2.45) is 0 Å². The average Bonchev–Trinajstić information content (AvgIpc) is 3.20. The number of phosphoric acid groups is 1. The fourth-order valence-electron chi connectivity index (χ4n) is 7.61. The van der Waals surface area contributed by atoms with Gasteiger partial charge in [-0.1, -0.05) is 218 Å². The normalized spacial score (nSPS) is 14.3. The van der Waals surface area contributed by atoms with Gasteiger partial charge in [-0.2, -0.15) is 0 Å². The molecule has 3 N–H and O–H groups in total. The third-order valence-corrected chi connectivity index (χ3v) is 12.7. The maximum Gasteiger partial charge on any atom is 0.472 e. The molecule has 0 radical (unpaired) electrons. The van der Waals surface area contributed by atoms with Gasteiger partial charge in [0.2, 0.25) is 5.91 Å². The van der Waals surface area contributed by atoms with E-state index in [9.17, 15) is 19.4 Å². The van der Waals surface area contributed by atoms with Crippen LogP contribution >= 0.6 is 7.82 Å². The molecule has 0 aliphatic rings. The molecule has 0 aliphatic carbocycles. The van der Waals surface area contributed by atoms with Crippen LogP contribution in [0.4, 0.5) is 0 Å². The molecule has 0 bridgehead atoms. The smallest absolute Gasteiger partial charge is 0.391 e. The summed E-state index contributed by atoms with van der Waals surface area (Å²) >= 11 is 0. The molecule has 8 nitrogen and oxygen atoms in total. The summed E-state index contributed by atoms with van der Waals surface area (Å²) in [4.78, 5) is 23.2. The Hall–Kier alpha value is -1.02. The monoisotopic (exact) mass is 870 g/mol. The summed E-state index contributed by atoms with van der Waals surface area (Å²) in [7, 11) is 1.62. The molecule has 9 heteroatoms. The number of aliphatic hydroxyl groups excluding tert-OH is 1. The number of nitrogens with one attached hydrogen (secondary N) is 1. The van der Waals surface area contributed by atoms with E-state index in [1.807, 2.05) is 21.1 Å². The van der Waals surface area contributed by atoms with Crippen LogP contribution in [0.1, 0.15) is 245 Å². The van der Waals surface area contributed by atoms with Crippen LogP contribution in [0.15, 0.2) is 24.3 Å². The first-order chi connectivity index (χ1) is 29.0. The highest BCUT2D eigenvalue weighted by Crippen LogP contribution is 2.43. The number of rotatable bonds is 47. The van der Waals surface area contributed by atoms with Gasteiger partial charge in [0.1, 0.15) is 13.2 Å². The van der Waals surface area contributed by atoms with Gasteiger partial charge in [0.25, 0.3) is 0 Å². The highest BCUT2D eigenvalue weighted by Gasteiger charge is 2.28. The fourth-order valence-corrected chi connectivity index (χ4v) is 8.34. The molecule has 356 valence electrons. The molecule has 0 spiro atoms. The van der Waals surface area contributed by atoms with Crippen LogP contribution in [-0.2, 0) is 18.4 Å². The number of nitrogens with zero attached hydrogens (tertiary/aromatic N) is 1. The van der Waals surface area contributed by atoms with E-state index in [0.29, 0.717) is 23.9 Å². The maximum absolute atomic E-state index is 12.9. The fraction of sp³-hybridized carbons (Fsp3) is 0.902. The number of aliphatic hydroxyl groups is 1. The summed E-state index contributed by atoms with van der Waals surface area (Å²) in [5.41, 5.74) is 0. The number of hydrogen-bond acceptors (Lipinski definition) is 5. The molecule has 0 saturated heterocycles. The van der Waals surface area contributed by atoms with Gasteiger partial charge in [-0.25, -0.2) is 4.57 Å². The SMILES string of the molecule is CCCCCCCCCCC/C=C\C/C=C\CCCCCCCCCCCC(=O)NC(COP(=O)(O)OCC[N+](C)(C)C)C(O)CCCCCCCCCCCCCCC. The van der Waals surface area contributed by atoms with Crippen LogP contribution in [0.25, 0.3) is 0 Å². The highest BCUT2D eigenvalue weighted by molar-refractivity contribution is 7.47. The quantitative estimate of drug-likeness (QED) is 0.0243. The maximum atomic E-state index is 12.9. The molecule has 0 aromatic rings. The van der Waals surface area contributed by atoms with Crippen molar-refractivity contribution in [2.45, 2.75) is 257 Å². The lowest BCUT2D eigenvalue weighted by molar-refractivity contribution is -0.870. The van der Waals surface area contributed by atoms with E-state index in [4.69, 9.17) is 9.05 Å². The lowest BCUT2D eigenvalue weighted by Gasteiger charge is -2.26. The summed E-state index contributed by atoms with van der Waals surface area (Å²) in [6, 6.07) is -0.760. The Kier molecular flexibility index (Phi) is 42.5. The number of amides is 1. The van der Waals surface area contributed by atoms with Crippen molar-refractivity contribution < 1.29 is 32.9 Å². The Morgan fingerprint density at radius 3 is 1.37 bits per heavy atom. The topological polar surface area (TPSA) is 105 Å². The lowest BCUT2D eigenvalue weighted by Crippen LogP contribution is -2.46. The Balaban J connectivity index is 4.18. The van der Waals surface area contributed by atoms with Gasteiger partial charge < -0.3 is 19.8 Å². The van der Waals surface area contributed by atoms with Crippen LogP contribution < -0.4 is 5.32 Å². The van der Waals surface area contributed by atoms with Crippen molar-refractivity contribution in [3.8, 4) is 0 Å². The Morgan fingerprint density at radius 1 is 0.567 bits per heavy atom. The second kappa shape index (κ2) is 43.2. The van der Waals surface area contributed by atoms with E-state index < -0.39 is 20.0 Å². The van der Waals surface area contributed by atoms with Gasteiger partial charge in [-0.05, 0) is 44.9 Å². The molecular formula is C51H102N2O6P+. The first-order valence-corrected chi connectivity index (χ1v) is 27.2. The minimum Gasteiger partial charge on any atom is -0.391 e. The molecule has 0 aliphatic heterocycles. The van der Waals surface area contributed by atoms with E-state index >= 15 is 0 Å². The average molecular weight is 870 g/mol. The standard InChI is InChI=1S/C51H101N2O6P/c1-6-8-10-12-14-16-18-20-21-22-23-24-25-26-27-28-29-30-31-33-35-37-39-41-43-45-51(55)52-49(48-59-60(56,57)58-47-46-53(3,4)5)50(54)44-42-40-38-36-34-32-19-17-15-13-11-9-7-2/h23-24,26-27,49-50,54H,6-22,25,28-48H2,1-5H3,(H-,52,55,56,57)/p+1/b24-23-,27-26-. The van der Waals surface area contributed by atoms with Crippen molar-refractivity contribution >= 4 is 13.7 Å². The molecule has 0 heterocycles. The predicted octanol–water partition coefficient (Wildman–Crippen LogP) is 14.9. The van der Waals surface area contributed by atoms with Crippen LogP contribution in [0, 0.1) is 0 Å². The zero-order chi connectivity index (χ0) is 44.3. The molecule has 3 atom stereocenters. The zero-order valence-corrected chi connectivity index (χ0v) is 41.4. The van der Waals surface area contributed by atoms with E-state index in [0.717, 1.165) is 44.9 Å². The number of hydrogen-bond donors (Lipinski definition) is 3. The third-order valence-electron chi connectivity index (χ3n) is 11.7. The van der Waals surface area contributed by atoms with E-state index in [-0.39, 0.29) is 19.1 Å². The zero-order valence-electron chi connectivity index (χ0n) is 40.5. The van der Waals surface area contributed by atoms with Gasteiger partial charge in [-0.3, -0.25) is 13.8 Å². The largest absolute Gasteiger partial charge is 0.472 e. The number of quaternary nitrogens is 1. The third kappa shape index (κ3) is 45.0. The van der Waals surface area contributed by atoms with E-state index in [1.165, 1.54) is 173 Å².